The Morgan fingerprint density at radius 2 is 2.00 bits per heavy atom. The fourth-order valence-electron chi connectivity index (χ4n) is 2.96. The highest BCUT2D eigenvalue weighted by molar-refractivity contribution is 5.98. The molecule has 0 bridgehead atoms. The zero-order valence-corrected chi connectivity index (χ0v) is 12.2. The monoisotopic (exact) mass is 297 g/mol. The second kappa shape index (κ2) is 7.51. The zero-order chi connectivity index (χ0) is 15.2. The average molecular weight is 297 g/mol. The Kier molecular flexibility index (Phi) is 5.69. The average Bonchev–Trinajstić information content (AvgIpc) is 3.00. The van der Waals surface area contributed by atoms with Crippen molar-refractivity contribution in [1.29, 1.82) is 0 Å². The minimum absolute atomic E-state index is 0.0241. The van der Waals surface area contributed by atoms with Crippen LogP contribution < -0.4 is 5.32 Å². The summed E-state index contributed by atoms with van der Waals surface area (Å²) in [7, 11) is 0. The van der Waals surface area contributed by atoms with E-state index in [0.29, 0.717) is 18.9 Å². The van der Waals surface area contributed by atoms with E-state index in [1.165, 1.54) is 4.90 Å². The van der Waals surface area contributed by atoms with Gasteiger partial charge >= 0.3 is 0 Å². The molecule has 0 radical (unpaired) electrons. The molecule has 2 fully saturated rings. The van der Waals surface area contributed by atoms with E-state index in [0.717, 1.165) is 32.4 Å². The summed E-state index contributed by atoms with van der Waals surface area (Å²) in [4.78, 5) is 38.4. The lowest BCUT2D eigenvalue weighted by Crippen LogP contribution is -2.44. The molecule has 7 nitrogen and oxygen atoms in total. The predicted molar refractivity (Wildman–Crippen MR) is 75.2 cm³/mol. The van der Waals surface area contributed by atoms with Crippen molar-refractivity contribution >= 4 is 17.7 Å². The smallest absolute Gasteiger partial charge is 0.246 e. The van der Waals surface area contributed by atoms with Crippen molar-refractivity contribution in [3.05, 3.63) is 0 Å². The van der Waals surface area contributed by atoms with Gasteiger partial charge in [-0.15, -0.1) is 0 Å². The van der Waals surface area contributed by atoms with Crippen molar-refractivity contribution in [3.8, 4) is 0 Å². The van der Waals surface area contributed by atoms with Crippen LogP contribution in [-0.2, 0) is 14.4 Å². The molecule has 1 unspecified atom stereocenters. The third-order valence-corrected chi connectivity index (χ3v) is 4.06. The van der Waals surface area contributed by atoms with Crippen LogP contribution in [0.25, 0.3) is 0 Å². The molecule has 2 aliphatic rings. The number of aliphatic hydroxyl groups excluding tert-OH is 1. The summed E-state index contributed by atoms with van der Waals surface area (Å²) in [6, 6.07) is 0. The van der Waals surface area contributed by atoms with E-state index in [2.05, 4.69) is 5.32 Å². The van der Waals surface area contributed by atoms with Gasteiger partial charge in [-0.1, -0.05) is 0 Å². The maximum atomic E-state index is 11.8. The van der Waals surface area contributed by atoms with Gasteiger partial charge < -0.3 is 10.0 Å². The molecule has 21 heavy (non-hydrogen) atoms. The van der Waals surface area contributed by atoms with Crippen LogP contribution in [0, 0.1) is 5.92 Å². The molecule has 0 aliphatic carbocycles. The lowest BCUT2D eigenvalue weighted by Gasteiger charge is -2.17. The topological polar surface area (TPSA) is 90.0 Å². The number of nitrogens with one attached hydrogen (secondary N) is 1. The van der Waals surface area contributed by atoms with Gasteiger partial charge in [0.25, 0.3) is 0 Å². The fraction of sp³-hybridized carbons (Fsp3) is 0.786. The lowest BCUT2D eigenvalue weighted by atomic mass is 10.1. The van der Waals surface area contributed by atoms with Crippen molar-refractivity contribution < 1.29 is 19.5 Å². The Morgan fingerprint density at radius 1 is 1.24 bits per heavy atom. The minimum Gasteiger partial charge on any atom is -0.396 e. The van der Waals surface area contributed by atoms with E-state index in [-0.39, 0.29) is 31.5 Å². The molecule has 2 rings (SSSR count). The first-order valence-electron chi connectivity index (χ1n) is 7.52. The number of carbonyl (C=O) groups is 3. The van der Waals surface area contributed by atoms with Gasteiger partial charge in [-0.05, 0) is 31.7 Å². The molecule has 3 amide bonds. The first kappa shape index (κ1) is 15.9. The van der Waals surface area contributed by atoms with Gasteiger partial charge in [-0.3, -0.25) is 24.6 Å². The van der Waals surface area contributed by atoms with Crippen molar-refractivity contribution in [2.75, 3.05) is 39.3 Å². The van der Waals surface area contributed by atoms with Gasteiger partial charge in [0.2, 0.25) is 17.7 Å². The second-order valence-corrected chi connectivity index (χ2v) is 5.79. The van der Waals surface area contributed by atoms with E-state index < -0.39 is 5.91 Å². The number of imide groups is 1. The van der Waals surface area contributed by atoms with Gasteiger partial charge in [0.05, 0.1) is 13.1 Å². The lowest BCUT2D eigenvalue weighted by molar-refractivity contribution is -0.136. The summed E-state index contributed by atoms with van der Waals surface area (Å²) in [6.07, 6.45) is 3.00. The van der Waals surface area contributed by atoms with E-state index in [9.17, 15) is 14.4 Å². The Balaban J connectivity index is 1.67. The van der Waals surface area contributed by atoms with Gasteiger partial charge in [0.1, 0.15) is 0 Å². The molecule has 7 heteroatoms. The largest absolute Gasteiger partial charge is 0.396 e. The summed E-state index contributed by atoms with van der Waals surface area (Å²) in [6.45, 7) is 2.53. The number of nitrogens with zero attached hydrogens (tertiary/aromatic N) is 2. The molecular weight excluding hydrogens is 274 g/mol. The van der Waals surface area contributed by atoms with Crippen molar-refractivity contribution in [2.45, 2.75) is 25.7 Å². The van der Waals surface area contributed by atoms with Crippen molar-refractivity contribution in [1.82, 2.24) is 15.1 Å². The Bertz CT molecular complexity index is 413. The molecule has 2 heterocycles. The number of hydrogen-bond acceptors (Lipinski definition) is 5. The highest BCUT2D eigenvalue weighted by Crippen LogP contribution is 2.18. The maximum absolute atomic E-state index is 11.8. The van der Waals surface area contributed by atoms with Crippen LogP contribution in [0.2, 0.25) is 0 Å². The van der Waals surface area contributed by atoms with Crippen LogP contribution in [0.15, 0.2) is 0 Å². The highest BCUT2D eigenvalue weighted by atomic mass is 16.3. The molecule has 0 aromatic carbocycles. The molecule has 0 saturated carbocycles. The number of amides is 3. The van der Waals surface area contributed by atoms with Crippen LogP contribution >= 0.6 is 0 Å². The molecule has 118 valence electrons. The van der Waals surface area contributed by atoms with Crippen molar-refractivity contribution in [3.63, 3.8) is 0 Å². The molecule has 1 atom stereocenters. The Morgan fingerprint density at radius 3 is 2.67 bits per heavy atom. The number of likely N-dealkylation sites (tertiary alicyclic amines) is 2. The third-order valence-electron chi connectivity index (χ3n) is 4.06. The first-order valence-corrected chi connectivity index (χ1v) is 7.52. The summed E-state index contributed by atoms with van der Waals surface area (Å²) < 4.78 is 0. The second-order valence-electron chi connectivity index (χ2n) is 5.79. The molecule has 2 N–H and O–H groups in total. The van der Waals surface area contributed by atoms with Crippen LogP contribution in [0.1, 0.15) is 25.7 Å². The van der Waals surface area contributed by atoms with E-state index >= 15 is 0 Å². The summed E-state index contributed by atoms with van der Waals surface area (Å²) in [5.41, 5.74) is 0. The normalized spacial score (nSPS) is 22.8. The first-order chi connectivity index (χ1) is 10.1. The van der Waals surface area contributed by atoms with E-state index in [1.807, 2.05) is 4.90 Å². The molecule has 2 saturated heterocycles. The number of hydrogen-bond donors (Lipinski definition) is 2. The van der Waals surface area contributed by atoms with E-state index in [4.69, 9.17) is 5.11 Å². The molecule has 0 aromatic heterocycles. The van der Waals surface area contributed by atoms with Gasteiger partial charge in [-0.25, -0.2) is 0 Å². The SMILES string of the molecule is O=C(CN1CCC(CCO)C1)NC(=O)CN1CCCC1=O. The van der Waals surface area contributed by atoms with E-state index in [1.54, 1.807) is 0 Å². The summed E-state index contributed by atoms with van der Waals surface area (Å²) >= 11 is 0. The predicted octanol–water partition coefficient (Wildman–Crippen LogP) is -1.04. The Labute approximate surface area is 124 Å². The minimum atomic E-state index is -0.415. The number of rotatable bonds is 6. The molecule has 0 spiro atoms. The van der Waals surface area contributed by atoms with Gasteiger partial charge in [0, 0.05) is 26.1 Å². The van der Waals surface area contributed by atoms with Gasteiger partial charge in [-0.2, -0.15) is 0 Å². The number of aliphatic hydroxyl groups is 1. The standard InChI is InChI=1S/C14H23N3O4/c18-7-4-11-3-6-16(8-11)9-12(19)15-13(20)10-17-5-1-2-14(17)21/h11,18H,1-10H2,(H,15,19,20). The third kappa shape index (κ3) is 4.78. The summed E-state index contributed by atoms with van der Waals surface area (Å²) in [5, 5.41) is 11.2. The molecular formula is C14H23N3O4. The maximum Gasteiger partial charge on any atom is 0.246 e. The zero-order valence-electron chi connectivity index (χ0n) is 12.2. The fourth-order valence-corrected chi connectivity index (χ4v) is 2.96. The molecule has 0 aromatic rings. The highest BCUT2D eigenvalue weighted by Gasteiger charge is 2.25. The quantitative estimate of drug-likeness (QED) is 0.653. The van der Waals surface area contributed by atoms with Gasteiger partial charge in [0.15, 0.2) is 0 Å². The van der Waals surface area contributed by atoms with Crippen LogP contribution in [0.3, 0.4) is 0 Å². The van der Waals surface area contributed by atoms with Crippen molar-refractivity contribution in [2.24, 2.45) is 5.92 Å². The van der Waals surface area contributed by atoms with Crippen LogP contribution in [0.4, 0.5) is 0 Å². The number of carbonyl (C=O) groups excluding carboxylic acids is 3. The summed E-state index contributed by atoms with van der Waals surface area (Å²) in [5.74, 6) is -0.331. The van der Waals surface area contributed by atoms with Crippen LogP contribution in [0.5, 0.6) is 0 Å². The Hall–Kier alpha value is -1.47. The molecule has 2 aliphatic heterocycles. The van der Waals surface area contributed by atoms with Crippen LogP contribution in [-0.4, -0.2) is 72.0 Å².